The Morgan fingerprint density at radius 3 is 2.75 bits per heavy atom. The van der Waals surface area contributed by atoms with Gasteiger partial charge in [0.05, 0.1) is 23.3 Å². The summed E-state index contributed by atoms with van der Waals surface area (Å²) in [5.74, 6) is 6.45. The zero-order valence-electron chi connectivity index (χ0n) is 20.5. The summed E-state index contributed by atoms with van der Waals surface area (Å²) < 4.78 is 3.08. The van der Waals surface area contributed by atoms with Crippen molar-refractivity contribution < 1.29 is 4.79 Å². The third-order valence-corrected chi connectivity index (χ3v) is 7.19. The molecule has 0 bridgehead atoms. The van der Waals surface area contributed by atoms with Crippen LogP contribution in [0.3, 0.4) is 0 Å². The standard InChI is InChI=1S/C29H30BrN5O/c1-34-19-25(23-17-21(30)8-10-28(23)34)27-18-24(29(36)32-12-11-31)22-16-20(7-9-26(22)33-27)6-5-15-35-13-3-2-4-14-35/h7-10,16-19H,2-4,11-15,31H2,1H3,(H,32,36). The average Bonchev–Trinajstić information content (AvgIpc) is 3.22. The number of aromatic nitrogens is 2. The van der Waals surface area contributed by atoms with E-state index in [1.165, 1.54) is 19.3 Å². The van der Waals surface area contributed by atoms with Crippen molar-refractivity contribution in [2.24, 2.45) is 12.8 Å². The van der Waals surface area contributed by atoms with Crippen molar-refractivity contribution in [1.29, 1.82) is 0 Å². The number of halogens is 1. The molecule has 0 radical (unpaired) electrons. The normalized spacial score (nSPS) is 14.1. The molecule has 1 saturated heterocycles. The highest BCUT2D eigenvalue weighted by molar-refractivity contribution is 9.10. The van der Waals surface area contributed by atoms with Crippen molar-refractivity contribution in [2.45, 2.75) is 19.3 Å². The SMILES string of the molecule is Cn1cc(-c2cc(C(=O)NCCN)c3cc(C#CCN4CCCCC4)ccc3n2)c2cc(Br)ccc21. The topological polar surface area (TPSA) is 76.2 Å². The van der Waals surface area contributed by atoms with Gasteiger partial charge in [0.1, 0.15) is 0 Å². The first kappa shape index (κ1) is 24.5. The van der Waals surface area contributed by atoms with Gasteiger partial charge in [-0.1, -0.05) is 34.2 Å². The number of fused-ring (bicyclic) bond motifs is 2. The molecule has 3 N–H and O–H groups in total. The minimum absolute atomic E-state index is 0.158. The van der Waals surface area contributed by atoms with E-state index in [1.807, 2.05) is 37.4 Å². The Labute approximate surface area is 220 Å². The maximum atomic E-state index is 13.2. The van der Waals surface area contributed by atoms with E-state index in [9.17, 15) is 4.79 Å². The number of likely N-dealkylation sites (tertiary alicyclic amines) is 1. The number of nitrogens with one attached hydrogen (secondary N) is 1. The van der Waals surface area contributed by atoms with Crippen molar-refractivity contribution in [2.75, 3.05) is 32.7 Å². The number of piperidine rings is 1. The Bertz CT molecular complexity index is 1490. The second-order valence-electron chi connectivity index (χ2n) is 9.29. The van der Waals surface area contributed by atoms with Gasteiger partial charge in [-0.3, -0.25) is 9.69 Å². The van der Waals surface area contributed by atoms with Crippen molar-refractivity contribution in [3.05, 3.63) is 64.3 Å². The van der Waals surface area contributed by atoms with E-state index >= 15 is 0 Å². The highest BCUT2D eigenvalue weighted by Crippen LogP contribution is 2.33. The van der Waals surface area contributed by atoms with E-state index in [1.54, 1.807) is 0 Å². The number of amides is 1. The molecule has 184 valence electrons. The lowest BCUT2D eigenvalue weighted by Gasteiger charge is -2.23. The summed E-state index contributed by atoms with van der Waals surface area (Å²) in [5, 5.41) is 4.80. The molecule has 0 unspecified atom stereocenters. The predicted molar refractivity (Wildman–Crippen MR) is 150 cm³/mol. The Morgan fingerprint density at radius 1 is 1.11 bits per heavy atom. The first-order valence-electron chi connectivity index (χ1n) is 12.4. The Kier molecular flexibility index (Phi) is 7.38. The largest absolute Gasteiger partial charge is 0.351 e. The van der Waals surface area contributed by atoms with Crippen LogP contribution in [-0.4, -0.2) is 53.1 Å². The lowest BCUT2D eigenvalue weighted by molar-refractivity contribution is 0.0956. The van der Waals surface area contributed by atoms with Gasteiger partial charge in [-0.15, -0.1) is 0 Å². The van der Waals surface area contributed by atoms with Gasteiger partial charge < -0.3 is 15.6 Å². The van der Waals surface area contributed by atoms with Gasteiger partial charge in [0.25, 0.3) is 5.91 Å². The molecular formula is C29H30BrN5O. The van der Waals surface area contributed by atoms with Gasteiger partial charge in [-0.25, -0.2) is 4.98 Å². The van der Waals surface area contributed by atoms with Crippen LogP contribution in [0.25, 0.3) is 33.1 Å². The molecular weight excluding hydrogens is 514 g/mol. The number of carbonyl (C=O) groups is 1. The van der Waals surface area contributed by atoms with Gasteiger partial charge in [0, 0.05) is 58.2 Å². The molecule has 0 saturated carbocycles. The Balaban J connectivity index is 1.57. The molecule has 1 aliphatic rings. The quantitative estimate of drug-likeness (QED) is 0.358. The maximum absolute atomic E-state index is 13.2. The average molecular weight is 544 g/mol. The van der Waals surface area contributed by atoms with E-state index in [0.717, 1.165) is 62.7 Å². The van der Waals surface area contributed by atoms with Crippen molar-refractivity contribution in [1.82, 2.24) is 19.8 Å². The molecule has 1 aliphatic heterocycles. The van der Waals surface area contributed by atoms with Gasteiger partial charge in [-0.05, 0) is 68.4 Å². The summed E-state index contributed by atoms with van der Waals surface area (Å²) in [6, 6.07) is 14.0. The Morgan fingerprint density at radius 2 is 1.94 bits per heavy atom. The molecule has 5 rings (SSSR count). The van der Waals surface area contributed by atoms with E-state index in [4.69, 9.17) is 10.7 Å². The maximum Gasteiger partial charge on any atom is 0.252 e. The van der Waals surface area contributed by atoms with Crippen LogP contribution >= 0.6 is 15.9 Å². The number of pyridine rings is 1. The van der Waals surface area contributed by atoms with Crippen LogP contribution in [0.5, 0.6) is 0 Å². The fraction of sp³-hybridized carbons (Fsp3) is 0.310. The fourth-order valence-electron chi connectivity index (χ4n) is 4.85. The van der Waals surface area contributed by atoms with Gasteiger partial charge >= 0.3 is 0 Å². The fourth-order valence-corrected chi connectivity index (χ4v) is 5.21. The van der Waals surface area contributed by atoms with E-state index in [0.29, 0.717) is 18.7 Å². The highest BCUT2D eigenvalue weighted by Gasteiger charge is 2.17. The van der Waals surface area contributed by atoms with Crippen molar-refractivity contribution in [3.8, 4) is 23.1 Å². The first-order chi connectivity index (χ1) is 17.5. The van der Waals surface area contributed by atoms with Crippen molar-refractivity contribution >= 4 is 43.6 Å². The predicted octanol–water partition coefficient (Wildman–Crippen LogP) is 4.68. The second kappa shape index (κ2) is 10.8. The summed E-state index contributed by atoms with van der Waals surface area (Å²) in [5.41, 5.74) is 10.7. The van der Waals surface area contributed by atoms with Crippen LogP contribution in [0.1, 0.15) is 35.2 Å². The lowest BCUT2D eigenvalue weighted by atomic mass is 10.0. The first-order valence-corrected chi connectivity index (χ1v) is 13.2. The molecule has 7 heteroatoms. The van der Waals surface area contributed by atoms with Crippen LogP contribution in [0, 0.1) is 11.8 Å². The van der Waals surface area contributed by atoms with Crippen molar-refractivity contribution in [3.63, 3.8) is 0 Å². The van der Waals surface area contributed by atoms with Crippen LogP contribution in [0.15, 0.2) is 53.1 Å². The van der Waals surface area contributed by atoms with Gasteiger partial charge in [0.2, 0.25) is 0 Å². The highest BCUT2D eigenvalue weighted by atomic mass is 79.9. The molecule has 2 aromatic heterocycles. The molecule has 1 amide bonds. The summed E-state index contributed by atoms with van der Waals surface area (Å²) in [7, 11) is 2.02. The second-order valence-corrected chi connectivity index (χ2v) is 10.2. The lowest BCUT2D eigenvalue weighted by Crippen LogP contribution is -2.29. The number of nitrogens with zero attached hydrogens (tertiary/aromatic N) is 3. The van der Waals surface area contributed by atoms with E-state index in [2.05, 4.69) is 60.9 Å². The van der Waals surface area contributed by atoms with E-state index in [-0.39, 0.29) is 5.91 Å². The minimum atomic E-state index is -0.158. The van der Waals surface area contributed by atoms with Crippen LogP contribution in [0.4, 0.5) is 0 Å². The van der Waals surface area contributed by atoms with Crippen LogP contribution in [-0.2, 0) is 7.05 Å². The monoisotopic (exact) mass is 543 g/mol. The molecule has 2 aromatic carbocycles. The summed E-state index contributed by atoms with van der Waals surface area (Å²) in [6.45, 7) is 3.81. The number of nitrogens with two attached hydrogens (primary N) is 1. The molecule has 36 heavy (non-hydrogen) atoms. The number of hydrogen-bond donors (Lipinski definition) is 2. The number of benzene rings is 2. The summed E-state index contributed by atoms with van der Waals surface area (Å²) in [4.78, 5) is 20.6. The zero-order chi connectivity index (χ0) is 25.1. The molecule has 1 fully saturated rings. The molecule has 0 atom stereocenters. The summed E-state index contributed by atoms with van der Waals surface area (Å²) >= 11 is 3.59. The number of carbonyl (C=O) groups excluding carboxylic acids is 1. The Hall–Kier alpha value is -3.18. The van der Waals surface area contributed by atoms with Gasteiger partial charge in [-0.2, -0.15) is 0 Å². The number of hydrogen-bond acceptors (Lipinski definition) is 4. The molecule has 0 spiro atoms. The zero-order valence-corrected chi connectivity index (χ0v) is 22.1. The number of aryl methyl sites for hydroxylation is 1. The number of rotatable bonds is 5. The van der Waals surface area contributed by atoms with Crippen LogP contribution < -0.4 is 11.1 Å². The molecule has 4 aromatic rings. The minimum Gasteiger partial charge on any atom is -0.351 e. The molecule has 0 aliphatic carbocycles. The van der Waals surface area contributed by atoms with Gasteiger partial charge in [0.15, 0.2) is 0 Å². The smallest absolute Gasteiger partial charge is 0.252 e. The third kappa shape index (κ3) is 5.17. The third-order valence-electron chi connectivity index (χ3n) is 6.69. The molecule has 3 heterocycles. The summed E-state index contributed by atoms with van der Waals surface area (Å²) in [6.07, 6.45) is 5.88. The van der Waals surface area contributed by atoms with E-state index < -0.39 is 0 Å². The molecule has 6 nitrogen and oxygen atoms in total. The van der Waals surface area contributed by atoms with Crippen LogP contribution in [0.2, 0.25) is 0 Å².